The molecule has 0 amide bonds. The van der Waals surface area contributed by atoms with Crippen LogP contribution in [0, 0.1) is 5.92 Å². The topological polar surface area (TPSA) is 55.8 Å². The second-order valence-electron chi connectivity index (χ2n) is 14.8. The average molecular weight is 666 g/mol. The highest BCUT2D eigenvalue weighted by atomic mass is 16.6. The zero-order chi connectivity index (χ0) is 34.6. The number of unbranched alkanes of at least 4 members (excludes halogenated alkanes) is 23. The number of esters is 2. The maximum Gasteiger partial charge on any atom is 0.309 e. The van der Waals surface area contributed by atoms with Crippen molar-refractivity contribution in [2.45, 2.75) is 226 Å². The number of hydrogen-bond acceptors (Lipinski definition) is 5. The molecule has 0 aromatic heterocycles. The fourth-order valence-electron chi connectivity index (χ4n) is 6.52. The minimum absolute atomic E-state index is 0.0213. The van der Waals surface area contributed by atoms with E-state index < -0.39 is 0 Å². The molecular formula is C42H83NO4. The highest BCUT2D eigenvalue weighted by molar-refractivity contribution is 5.72. The maximum absolute atomic E-state index is 13.4. The first-order valence-corrected chi connectivity index (χ1v) is 20.9. The van der Waals surface area contributed by atoms with Crippen molar-refractivity contribution in [3.05, 3.63) is 0 Å². The standard InChI is InChI=1S/C42H83NO4/c1-6-9-12-15-18-19-20-21-22-23-26-30-35-40(47-41(44)36-31-27-32-37-43(4)5)38-46-42(45)39(33-28-24-16-13-10-7-2)34-29-25-17-14-11-8-3/h39-40H,6-38H2,1-5H3. The zero-order valence-corrected chi connectivity index (χ0v) is 32.6. The fourth-order valence-corrected chi connectivity index (χ4v) is 6.52. The van der Waals surface area contributed by atoms with E-state index in [1.807, 2.05) is 0 Å². The molecule has 0 radical (unpaired) electrons. The van der Waals surface area contributed by atoms with Crippen LogP contribution in [0.3, 0.4) is 0 Å². The molecule has 0 aliphatic heterocycles. The van der Waals surface area contributed by atoms with Gasteiger partial charge in [0.1, 0.15) is 12.7 Å². The van der Waals surface area contributed by atoms with E-state index in [-0.39, 0.29) is 30.6 Å². The average Bonchev–Trinajstić information content (AvgIpc) is 3.05. The number of rotatable bonds is 37. The van der Waals surface area contributed by atoms with Gasteiger partial charge in [-0.3, -0.25) is 9.59 Å². The summed E-state index contributed by atoms with van der Waals surface area (Å²) in [4.78, 5) is 28.3. The van der Waals surface area contributed by atoms with E-state index in [0.29, 0.717) is 6.42 Å². The van der Waals surface area contributed by atoms with Crippen molar-refractivity contribution >= 4 is 11.9 Å². The largest absolute Gasteiger partial charge is 0.462 e. The van der Waals surface area contributed by atoms with Crippen molar-refractivity contribution in [1.29, 1.82) is 0 Å². The summed E-state index contributed by atoms with van der Waals surface area (Å²) < 4.78 is 11.9. The molecule has 0 aromatic carbocycles. The predicted octanol–water partition coefficient (Wildman–Crippen LogP) is 12.8. The van der Waals surface area contributed by atoms with Gasteiger partial charge in [-0.15, -0.1) is 0 Å². The number of carbonyl (C=O) groups excluding carboxylic acids is 2. The van der Waals surface area contributed by atoms with E-state index >= 15 is 0 Å². The smallest absolute Gasteiger partial charge is 0.309 e. The fraction of sp³-hybridized carbons (Fsp3) is 0.952. The first-order valence-electron chi connectivity index (χ1n) is 20.9. The Morgan fingerprint density at radius 2 is 0.872 bits per heavy atom. The molecule has 47 heavy (non-hydrogen) atoms. The Morgan fingerprint density at radius 1 is 0.489 bits per heavy atom. The van der Waals surface area contributed by atoms with Crippen molar-refractivity contribution in [1.82, 2.24) is 4.90 Å². The van der Waals surface area contributed by atoms with Gasteiger partial charge < -0.3 is 14.4 Å². The Balaban J connectivity index is 4.79. The molecule has 1 unspecified atom stereocenters. The highest BCUT2D eigenvalue weighted by Gasteiger charge is 2.22. The van der Waals surface area contributed by atoms with E-state index in [0.717, 1.165) is 70.8 Å². The van der Waals surface area contributed by atoms with Gasteiger partial charge >= 0.3 is 11.9 Å². The van der Waals surface area contributed by atoms with Crippen LogP contribution in [0.25, 0.3) is 0 Å². The summed E-state index contributed by atoms with van der Waals surface area (Å²) in [5.74, 6) is -0.218. The molecule has 280 valence electrons. The molecule has 0 fully saturated rings. The third-order valence-electron chi connectivity index (χ3n) is 9.72. The van der Waals surface area contributed by atoms with Gasteiger partial charge in [0.05, 0.1) is 5.92 Å². The van der Waals surface area contributed by atoms with Gasteiger partial charge in [-0.25, -0.2) is 0 Å². The molecule has 0 aliphatic carbocycles. The molecule has 5 nitrogen and oxygen atoms in total. The summed E-state index contributed by atoms with van der Waals surface area (Å²) in [6, 6.07) is 0. The molecule has 0 saturated heterocycles. The molecule has 1 atom stereocenters. The van der Waals surface area contributed by atoms with E-state index in [1.54, 1.807) is 0 Å². The van der Waals surface area contributed by atoms with Crippen molar-refractivity contribution < 1.29 is 19.1 Å². The summed E-state index contributed by atoms with van der Waals surface area (Å²) in [5, 5.41) is 0. The van der Waals surface area contributed by atoms with Crippen LogP contribution < -0.4 is 0 Å². The maximum atomic E-state index is 13.4. The van der Waals surface area contributed by atoms with Crippen LogP contribution >= 0.6 is 0 Å². The normalized spacial score (nSPS) is 12.2. The van der Waals surface area contributed by atoms with Crippen molar-refractivity contribution in [2.75, 3.05) is 27.2 Å². The number of hydrogen-bond donors (Lipinski definition) is 0. The van der Waals surface area contributed by atoms with Gasteiger partial charge in [0.15, 0.2) is 0 Å². The van der Waals surface area contributed by atoms with Gasteiger partial charge in [-0.2, -0.15) is 0 Å². The van der Waals surface area contributed by atoms with Crippen molar-refractivity contribution in [2.24, 2.45) is 5.92 Å². The van der Waals surface area contributed by atoms with E-state index in [9.17, 15) is 9.59 Å². The Morgan fingerprint density at radius 3 is 1.30 bits per heavy atom. The third kappa shape index (κ3) is 33.2. The minimum atomic E-state index is -0.319. The van der Waals surface area contributed by atoms with Gasteiger partial charge in [0, 0.05) is 6.42 Å². The summed E-state index contributed by atoms with van der Waals surface area (Å²) in [7, 11) is 4.17. The lowest BCUT2D eigenvalue weighted by atomic mass is 9.94. The molecule has 0 aliphatic rings. The van der Waals surface area contributed by atoms with Crippen LogP contribution in [-0.4, -0.2) is 50.2 Å². The number of ether oxygens (including phenoxy) is 2. The van der Waals surface area contributed by atoms with Gasteiger partial charge in [-0.1, -0.05) is 175 Å². The lowest BCUT2D eigenvalue weighted by Crippen LogP contribution is -2.28. The van der Waals surface area contributed by atoms with Crippen molar-refractivity contribution in [3.63, 3.8) is 0 Å². The Kier molecular flexibility index (Phi) is 35.3. The van der Waals surface area contributed by atoms with E-state index in [2.05, 4.69) is 39.8 Å². The highest BCUT2D eigenvalue weighted by Crippen LogP contribution is 2.22. The predicted molar refractivity (Wildman–Crippen MR) is 203 cm³/mol. The summed E-state index contributed by atoms with van der Waals surface area (Å²) in [6.07, 6.45) is 36.3. The first-order chi connectivity index (χ1) is 22.9. The molecule has 0 rings (SSSR count). The molecular weight excluding hydrogens is 582 g/mol. The lowest BCUT2D eigenvalue weighted by Gasteiger charge is -2.21. The van der Waals surface area contributed by atoms with Crippen LogP contribution in [0.15, 0.2) is 0 Å². The number of nitrogens with zero attached hydrogens (tertiary/aromatic N) is 1. The molecule has 0 saturated carbocycles. The number of carbonyl (C=O) groups is 2. The van der Waals surface area contributed by atoms with Crippen LogP contribution in [-0.2, 0) is 19.1 Å². The van der Waals surface area contributed by atoms with E-state index in [4.69, 9.17) is 9.47 Å². The Hall–Kier alpha value is -1.10. The third-order valence-corrected chi connectivity index (χ3v) is 9.72. The molecule has 0 aromatic rings. The van der Waals surface area contributed by atoms with Gasteiger partial charge in [-0.05, 0) is 59.2 Å². The lowest BCUT2D eigenvalue weighted by molar-refractivity contribution is -0.162. The molecule has 0 spiro atoms. The van der Waals surface area contributed by atoms with Gasteiger partial charge in [0.2, 0.25) is 0 Å². The molecule has 0 heterocycles. The molecule has 5 heteroatoms. The van der Waals surface area contributed by atoms with Gasteiger partial charge in [0.25, 0.3) is 0 Å². The second kappa shape index (κ2) is 36.2. The molecule has 0 bridgehead atoms. The van der Waals surface area contributed by atoms with Crippen LogP contribution in [0.1, 0.15) is 220 Å². The summed E-state index contributed by atoms with van der Waals surface area (Å²) in [5.41, 5.74) is 0. The summed E-state index contributed by atoms with van der Waals surface area (Å²) in [6.45, 7) is 8.04. The van der Waals surface area contributed by atoms with Crippen LogP contribution in [0.2, 0.25) is 0 Å². The van der Waals surface area contributed by atoms with Crippen molar-refractivity contribution in [3.8, 4) is 0 Å². The van der Waals surface area contributed by atoms with Crippen LogP contribution in [0.4, 0.5) is 0 Å². The summed E-state index contributed by atoms with van der Waals surface area (Å²) >= 11 is 0. The molecule has 0 N–H and O–H groups in total. The quantitative estimate of drug-likeness (QED) is 0.0488. The Labute approximate surface area is 294 Å². The minimum Gasteiger partial charge on any atom is -0.462 e. The second-order valence-corrected chi connectivity index (χ2v) is 14.8. The Bertz CT molecular complexity index is 651. The monoisotopic (exact) mass is 666 g/mol. The first kappa shape index (κ1) is 45.9. The van der Waals surface area contributed by atoms with Crippen LogP contribution in [0.5, 0.6) is 0 Å². The SMILES string of the molecule is CCCCCCCCCCCCCCC(COC(=O)C(CCCCCCCC)CCCCCCCC)OC(=O)CCCCCN(C)C. The zero-order valence-electron chi connectivity index (χ0n) is 32.6. The van der Waals surface area contributed by atoms with E-state index in [1.165, 1.54) is 128 Å².